The molecule has 1 saturated heterocycles. The van der Waals surface area contributed by atoms with Gasteiger partial charge < -0.3 is 10.1 Å². The van der Waals surface area contributed by atoms with Crippen LogP contribution in [0, 0.1) is 5.41 Å². The molecule has 0 atom stereocenters. The largest absolute Gasteiger partial charge is 0.381 e. The summed E-state index contributed by atoms with van der Waals surface area (Å²) < 4.78 is 29.2. The predicted octanol–water partition coefficient (Wildman–Crippen LogP) is 1.11. The predicted molar refractivity (Wildman–Crippen MR) is 70.3 cm³/mol. The van der Waals surface area contributed by atoms with Crippen molar-refractivity contribution in [3.05, 3.63) is 0 Å². The van der Waals surface area contributed by atoms with E-state index in [1.54, 1.807) is 0 Å². The van der Waals surface area contributed by atoms with E-state index in [0.29, 0.717) is 12.6 Å². The lowest BCUT2D eigenvalue weighted by molar-refractivity contribution is -0.0488. The molecule has 0 unspecified atom stereocenters. The fraction of sp³-hybridized carbons (Fsp3) is 1.00. The fourth-order valence-corrected chi connectivity index (χ4v) is 5.09. The lowest BCUT2D eigenvalue weighted by atomic mass is 9.57. The highest BCUT2D eigenvalue weighted by atomic mass is 32.2. The number of nitrogens with one attached hydrogen (secondary N) is 1. The zero-order valence-corrected chi connectivity index (χ0v) is 11.9. The second kappa shape index (κ2) is 4.18. The van der Waals surface area contributed by atoms with Crippen molar-refractivity contribution in [3.8, 4) is 0 Å². The second-order valence-corrected chi connectivity index (χ2v) is 8.99. The molecule has 18 heavy (non-hydrogen) atoms. The Kier molecular flexibility index (Phi) is 2.99. The second-order valence-electron chi connectivity index (χ2n) is 6.58. The highest BCUT2D eigenvalue weighted by Crippen LogP contribution is 2.57. The molecule has 2 aliphatic carbocycles. The number of ether oxygens (including phenoxy) is 1. The molecule has 3 rings (SSSR count). The van der Waals surface area contributed by atoms with Crippen LogP contribution in [0.1, 0.15) is 38.5 Å². The molecule has 1 aliphatic heterocycles. The van der Waals surface area contributed by atoms with Crippen LogP contribution in [0.5, 0.6) is 0 Å². The monoisotopic (exact) mass is 273 g/mol. The molecular formula is C13H23NO3S. The third-order valence-corrected chi connectivity index (χ3v) is 7.03. The van der Waals surface area contributed by atoms with Crippen molar-refractivity contribution in [2.45, 2.75) is 49.3 Å². The maximum Gasteiger partial charge on any atom is 0.154 e. The summed E-state index contributed by atoms with van der Waals surface area (Å²) >= 11 is 0. The van der Waals surface area contributed by atoms with Crippen molar-refractivity contribution in [1.29, 1.82) is 0 Å². The minimum atomic E-state index is -2.97. The quantitative estimate of drug-likeness (QED) is 0.834. The van der Waals surface area contributed by atoms with Crippen LogP contribution in [-0.4, -0.2) is 45.2 Å². The molecule has 4 nitrogen and oxygen atoms in total. The van der Waals surface area contributed by atoms with E-state index in [2.05, 4.69) is 5.32 Å². The molecule has 1 spiro atoms. The average molecular weight is 273 g/mol. The molecule has 0 aromatic rings. The van der Waals surface area contributed by atoms with Gasteiger partial charge in [-0.3, -0.25) is 0 Å². The molecule has 2 saturated carbocycles. The Morgan fingerprint density at radius 2 is 1.83 bits per heavy atom. The normalized spacial score (nSPS) is 30.1. The lowest BCUT2D eigenvalue weighted by Gasteiger charge is -2.57. The Labute approximate surface area is 109 Å². The van der Waals surface area contributed by atoms with E-state index in [0.717, 1.165) is 38.9 Å². The van der Waals surface area contributed by atoms with Crippen molar-refractivity contribution in [1.82, 2.24) is 5.32 Å². The van der Waals surface area contributed by atoms with Crippen LogP contribution in [0.25, 0.3) is 0 Å². The van der Waals surface area contributed by atoms with Gasteiger partial charge in [-0.2, -0.15) is 0 Å². The average Bonchev–Trinajstić information content (AvgIpc) is 3.06. The van der Waals surface area contributed by atoms with Gasteiger partial charge in [-0.15, -0.1) is 0 Å². The summed E-state index contributed by atoms with van der Waals surface area (Å²) in [6.07, 6.45) is 7.57. The lowest BCUT2D eigenvalue weighted by Crippen LogP contribution is -2.62. The Bertz CT molecular complexity index is 414. The standard InChI is InChI=1S/C13H23NO3S/c1-18(15,16)13(10-14-11-2-3-11)8-12(9-13)4-6-17-7-5-12/h11,14H,2-10H2,1H3. The molecule has 1 N–H and O–H groups in total. The summed E-state index contributed by atoms with van der Waals surface area (Å²) in [7, 11) is -2.97. The molecule has 0 aromatic heterocycles. The van der Waals surface area contributed by atoms with Crippen molar-refractivity contribution >= 4 is 9.84 Å². The van der Waals surface area contributed by atoms with E-state index in [-0.39, 0.29) is 5.41 Å². The van der Waals surface area contributed by atoms with Gasteiger partial charge in [0, 0.05) is 32.1 Å². The van der Waals surface area contributed by atoms with Gasteiger partial charge in [-0.25, -0.2) is 8.42 Å². The zero-order valence-electron chi connectivity index (χ0n) is 11.1. The Morgan fingerprint density at radius 3 is 2.33 bits per heavy atom. The molecule has 5 heteroatoms. The number of hydrogen-bond acceptors (Lipinski definition) is 4. The topological polar surface area (TPSA) is 55.4 Å². The molecule has 0 bridgehead atoms. The van der Waals surface area contributed by atoms with E-state index in [1.165, 1.54) is 19.1 Å². The molecule has 104 valence electrons. The molecule has 0 aromatic carbocycles. The molecule has 1 heterocycles. The van der Waals surface area contributed by atoms with Gasteiger partial charge in [-0.05, 0) is 43.9 Å². The van der Waals surface area contributed by atoms with Crippen LogP contribution < -0.4 is 5.32 Å². The van der Waals surface area contributed by atoms with Gasteiger partial charge in [0.1, 0.15) is 0 Å². The van der Waals surface area contributed by atoms with E-state index in [4.69, 9.17) is 4.74 Å². The molecule has 0 amide bonds. The van der Waals surface area contributed by atoms with Crippen molar-refractivity contribution in [3.63, 3.8) is 0 Å². The fourth-order valence-electron chi connectivity index (χ4n) is 3.61. The summed E-state index contributed by atoms with van der Waals surface area (Å²) in [6, 6.07) is 0.579. The van der Waals surface area contributed by atoms with Gasteiger partial charge in [0.15, 0.2) is 9.84 Å². The van der Waals surface area contributed by atoms with Gasteiger partial charge in [0.25, 0.3) is 0 Å². The first-order chi connectivity index (χ1) is 8.45. The summed E-state index contributed by atoms with van der Waals surface area (Å²) in [6.45, 7) is 2.25. The van der Waals surface area contributed by atoms with Crippen LogP contribution >= 0.6 is 0 Å². The highest BCUT2D eigenvalue weighted by Gasteiger charge is 2.59. The minimum absolute atomic E-state index is 0.257. The summed E-state index contributed by atoms with van der Waals surface area (Å²) in [5.74, 6) is 0. The summed E-state index contributed by atoms with van der Waals surface area (Å²) in [5.41, 5.74) is 0.257. The maximum absolute atomic E-state index is 12.1. The molecule has 0 radical (unpaired) electrons. The van der Waals surface area contributed by atoms with Crippen molar-refractivity contribution in [2.75, 3.05) is 26.0 Å². The number of sulfone groups is 1. The van der Waals surface area contributed by atoms with Crippen LogP contribution in [0.15, 0.2) is 0 Å². The van der Waals surface area contributed by atoms with E-state index in [1.807, 2.05) is 0 Å². The van der Waals surface area contributed by atoms with Crippen LogP contribution in [-0.2, 0) is 14.6 Å². The van der Waals surface area contributed by atoms with Crippen LogP contribution in [0.2, 0.25) is 0 Å². The van der Waals surface area contributed by atoms with Gasteiger partial charge in [-0.1, -0.05) is 0 Å². The first-order valence-corrected chi connectivity index (χ1v) is 8.85. The molecule has 3 aliphatic rings. The van der Waals surface area contributed by atoms with Crippen molar-refractivity contribution in [2.24, 2.45) is 5.41 Å². The summed E-state index contributed by atoms with van der Waals surface area (Å²) in [5, 5.41) is 3.42. The number of hydrogen-bond donors (Lipinski definition) is 1. The smallest absolute Gasteiger partial charge is 0.154 e. The zero-order chi connectivity index (χ0) is 12.9. The Hall–Kier alpha value is -0.130. The van der Waals surface area contributed by atoms with Crippen molar-refractivity contribution < 1.29 is 13.2 Å². The Morgan fingerprint density at radius 1 is 1.22 bits per heavy atom. The van der Waals surface area contributed by atoms with Gasteiger partial charge >= 0.3 is 0 Å². The first-order valence-electron chi connectivity index (χ1n) is 6.96. The highest BCUT2D eigenvalue weighted by molar-refractivity contribution is 7.92. The molecular weight excluding hydrogens is 250 g/mol. The minimum Gasteiger partial charge on any atom is -0.381 e. The van der Waals surface area contributed by atoms with Crippen LogP contribution in [0.4, 0.5) is 0 Å². The SMILES string of the molecule is CS(=O)(=O)C1(CNC2CC2)CC2(CCOCC2)C1. The maximum atomic E-state index is 12.1. The van der Waals surface area contributed by atoms with E-state index in [9.17, 15) is 8.42 Å². The van der Waals surface area contributed by atoms with Gasteiger partial charge in [0.2, 0.25) is 0 Å². The van der Waals surface area contributed by atoms with Crippen LogP contribution in [0.3, 0.4) is 0 Å². The third kappa shape index (κ3) is 2.21. The summed E-state index contributed by atoms with van der Waals surface area (Å²) in [4.78, 5) is 0. The number of rotatable bonds is 4. The van der Waals surface area contributed by atoms with E-state index >= 15 is 0 Å². The van der Waals surface area contributed by atoms with E-state index < -0.39 is 14.6 Å². The van der Waals surface area contributed by atoms with Gasteiger partial charge in [0.05, 0.1) is 4.75 Å². The first kappa shape index (κ1) is 12.9. The molecule has 3 fully saturated rings. The third-order valence-electron chi connectivity index (χ3n) is 5.02. The Balaban J connectivity index is 1.69.